The molecule has 0 saturated heterocycles. The minimum Gasteiger partial charge on any atom is -0.398 e. The fourth-order valence-corrected chi connectivity index (χ4v) is 3.60. The second kappa shape index (κ2) is 7.33. The van der Waals surface area contributed by atoms with Gasteiger partial charge in [-0.05, 0) is 73.2 Å². The summed E-state index contributed by atoms with van der Waals surface area (Å²) in [5.41, 5.74) is 10.6. The zero-order chi connectivity index (χ0) is 17.9. The Morgan fingerprint density at radius 1 is 0.840 bits per heavy atom. The zero-order valence-electron chi connectivity index (χ0n) is 13.9. The van der Waals surface area contributed by atoms with Crippen LogP contribution in [0.25, 0.3) is 0 Å². The summed E-state index contributed by atoms with van der Waals surface area (Å²) in [7, 11) is -4.20. The summed E-state index contributed by atoms with van der Waals surface area (Å²) in [4.78, 5) is -0.163. The van der Waals surface area contributed by atoms with E-state index in [2.05, 4.69) is 10.2 Å². The Bertz CT molecular complexity index is 891. The van der Waals surface area contributed by atoms with E-state index in [1.165, 1.54) is 42.7 Å². The van der Waals surface area contributed by atoms with Gasteiger partial charge in [0.05, 0.1) is 16.3 Å². The highest BCUT2D eigenvalue weighted by Crippen LogP contribution is 2.33. The third kappa shape index (κ3) is 4.24. The molecule has 0 unspecified atom stereocenters. The van der Waals surface area contributed by atoms with Crippen LogP contribution < -0.4 is 5.73 Å². The van der Waals surface area contributed by atoms with E-state index in [0.717, 1.165) is 42.6 Å². The SMILES string of the molecule is Nc1ccc(/N=N/c2ccc(S(=O)(=O)O)cc2)c2c1CCCCCC2. The lowest BCUT2D eigenvalue weighted by atomic mass is 9.91. The van der Waals surface area contributed by atoms with Crippen LogP contribution in [0.4, 0.5) is 17.1 Å². The van der Waals surface area contributed by atoms with Crippen molar-refractivity contribution in [3.63, 3.8) is 0 Å². The van der Waals surface area contributed by atoms with Gasteiger partial charge >= 0.3 is 0 Å². The van der Waals surface area contributed by atoms with Crippen molar-refractivity contribution in [3.8, 4) is 0 Å². The largest absolute Gasteiger partial charge is 0.398 e. The number of rotatable bonds is 3. The highest BCUT2D eigenvalue weighted by atomic mass is 32.2. The standard InChI is InChI=1S/C18H21N3O3S/c19-17-11-12-18(16-6-4-2-1-3-5-15(16)17)21-20-13-7-9-14(10-8-13)25(22,23)24/h7-12H,1-6,19H2,(H,22,23,24)/b21-20+. The number of nitrogens with zero attached hydrogens (tertiary/aromatic N) is 2. The summed E-state index contributed by atoms with van der Waals surface area (Å²) in [6, 6.07) is 9.37. The summed E-state index contributed by atoms with van der Waals surface area (Å²) >= 11 is 0. The van der Waals surface area contributed by atoms with Gasteiger partial charge in [0.25, 0.3) is 10.1 Å². The van der Waals surface area contributed by atoms with E-state index in [9.17, 15) is 8.42 Å². The number of anilines is 1. The van der Waals surface area contributed by atoms with E-state index in [0.29, 0.717) is 5.69 Å². The molecule has 3 N–H and O–H groups in total. The van der Waals surface area contributed by atoms with Gasteiger partial charge in [-0.2, -0.15) is 18.6 Å². The van der Waals surface area contributed by atoms with Crippen LogP contribution >= 0.6 is 0 Å². The predicted molar refractivity (Wildman–Crippen MR) is 97.2 cm³/mol. The van der Waals surface area contributed by atoms with Crippen molar-refractivity contribution in [1.82, 2.24) is 0 Å². The molecule has 1 aliphatic rings. The molecule has 132 valence electrons. The second-order valence-electron chi connectivity index (χ2n) is 6.21. The lowest BCUT2D eigenvalue weighted by molar-refractivity contribution is 0.483. The van der Waals surface area contributed by atoms with Gasteiger partial charge in [-0.3, -0.25) is 4.55 Å². The molecule has 0 fully saturated rings. The van der Waals surface area contributed by atoms with Crippen LogP contribution in [0.2, 0.25) is 0 Å². The van der Waals surface area contributed by atoms with E-state index in [1.807, 2.05) is 12.1 Å². The number of azo groups is 1. The van der Waals surface area contributed by atoms with Crippen molar-refractivity contribution in [2.75, 3.05) is 5.73 Å². The van der Waals surface area contributed by atoms with Crippen molar-refractivity contribution < 1.29 is 13.0 Å². The first kappa shape index (κ1) is 17.6. The van der Waals surface area contributed by atoms with E-state index in [1.54, 1.807) is 0 Å². The van der Waals surface area contributed by atoms with Crippen LogP contribution in [0.5, 0.6) is 0 Å². The summed E-state index contributed by atoms with van der Waals surface area (Å²) in [5, 5.41) is 8.55. The number of hydrogen-bond acceptors (Lipinski definition) is 5. The van der Waals surface area contributed by atoms with Crippen LogP contribution in [0, 0.1) is 0 Å². The Labute approximate surface area is 147 Å². The van der Waals surface area contributed by atoms with Crippen LogP contribution in [0.15, 0.2) is 51.5 Å². The van der Waals surface area contributed by atoms with E-state index in [4.69, 9.17) is 10.3 Å². The Kier molecular flexibility index (Phi) is 5.15. The fraction of sp³-hybridized carbons (Fsp3) is 0.333. The van der Waals surface area contributed by atoms with E-state index >= 15 is 0 Å². The quantitative estimate of drug-likeness (QED) is 0.475. The first-order valence-corrected chi connectivity index (χ1v) is 9.79. The minimum atomic E-state index is -4.20. The molecule has 2 aromatic carbocycles. The summed E-state index contributed by atoms with van der Waals surface area (Å²) in [6.07, 6.45) is 6.59. The average molecular weight is 359 g/mol. The molecule has 0 heterocycles. The van der Waals surface area contributed by atoms with Crippen LogP contribution in [0.1, 0.15) is 36.8 Å². The normalized spacial score (nSPS) is 15.6. The Balaban J connectivity index is 1.89. The van der Waals surface area contributed by atoms with Gasteiger partial charge in [0.15, 0.2) is 0 Å². The summed E-state index contributed by atoms with van der Waals surface area (Å²) in [5.74, 6) is 0. The number of hydrogen-bond donors (Lipinski definition) is 2. The van der Waals surface area contributed by atoms with Crippen molar-refractivity contribution in [2.24, 2.45) is 10.2 Å². The third-order valence-electron chi connectivity index (χ3n) is 4.45. The smallest absolute Gasteiger partial charge is 0.294 e. The number of nitrogen functional groups attached to an aromatic ring is 1. The molecule has 0 aliphatic heterocycles. The molecule has 0 amide bonds. The minimum absolute atomic E-state index is 0.163. The first-order chi connectivity index (χ1) is 11.9. The van der Waals surface area contributed by atoms with Gasteiger partial charge in [0.1, 0.15) is 0 Å². The molecule has 0 saturated carbocycles. The molecule has 0 aromatic heterocycles. The van der Waals surface area contributed by atoms with Crippen molar-refractivity contribution in [1.29, 1.82) is 0 Å². The second-order valence-corrected chi connectivity index (χ2v) is 7.64. The predicted octanol–water partition coefficient (Wildman–Crippen LogP) is 4.59. The maximum absolute atomic E-state index is 11.1. The zero-order valence-corrected chi connectivity index (χ0v) is 14.7. The lowest BCUT2D eigenvalue weighted by Crippen LogP contribution is -2.04. The summed E-state index contributed by atoms with van der Waals surface area (Å²) < 4.78 is 31.1. The molecule has 25 heavy (non-hydrogen) atoms. The fourth-order valence-electron chi connectivity index (χ4n) is 3.12. The first-order valence-electron chi connectivity index (χ1n) is 8.35. The molecule has 0 spiro atoms. The average Bonchev–Trinajstić information content (AvgIpc) is 2.54. The molecule has 0 atom stereocenters. The Hall–Kier alpha value is -2.25. The monoisotopic (exact) mass is 359 g/mol. The molecule has 0 radical (unpaired) electrons. The molecule has 3 rings (SSSR count). The van der Waals surface area contributed by atoms with Gasteiger partial charge in [0, 0.05) is 5.69 Å². The van der Waals surface area contributed by atoms with Gasteiger partial charge in [-0.25, -0.2) is 0 Å². The molecular formula is C18H21N3O3S. The number of nitrogens with two attached hydrogens (primary N) is 1. The van der Waals surface area contributed by atoms with Crippen LogP contribution in [-0.2, 0) is 23.0 Å². The van der Waals surface area contributed by atoms with E-state index in [-0.39, 0.29) is 4.90 Å². The Morgan fingerprint density at radius 3 is 2.12 bits per heavy atom. The lowest BCUT2D eigenvalue weighted by Gasteiger charge is -2.17. The van der Waals surface area contributed by atoms with Gasteiger partial charge in [-0.1, -0.05) is 12.8 Å². The molecule has 2 aromatic rings. The van der Waals surface area contributed by atoms with Crippen molar-refractivity contribution in [3.05, 3.63) is 47.5 Å². The van der Waals surface area contributed by atoms with Gasteiger partial charge < -0.3 is 5.73 Å². The molecule has 1 aliphatic carbocycles. The highest BCUT2D eigenvalue weighted by Gasteiger charge is 2.14. The topological polar surface area (TPSA) is 105 Å². The van der Waals surface area contributed by atoms with Gasteiger partial charge in [-0.15, -0.1) is 0 Å². The molecule has 0 bridgehead atoms. The van der Waals surface area contributed by atoms with Crippen molar-refractivity contribution >= 4 is 27.2 Å². The highest BCUT2D eigenvalue weighted by molar-refractivity contribution is 7.85. The maximum atomic E-state index is 11.1. The number of fused-ring (bicyclic) bond motifs is 1. The Morgan fingerprint density at radius 2 is 1.48 bits per heavy atom. The van der Waals surface area contributed by atoms with Crippen LogP contribution in [-0.4, -0.2) is 13.0 Å². The third-order valence-corrected chi connectivity index (χ3v) is 5.32. The van der Waals surface area contributed by atoms with E-state index < -0.39 is 10.1 Å². The maximum Gasteiger partial charge on any atom is 0.294 e. The summed E-state index contributed by atoms with van der Waals surface area (Å²) in [6.45, 7) is 0. The molecule has 6 nitrogen and oxygen atoms in total. The van der Waals surface area contributed by atoms with Gasteiger partial charge in [0.2, 0.25) is 0 Å². The van der Waals surface area contributed by atoms with Crippen LogP contribution in [0.3, 0.4) is 0 Å². The van der Waals surface area contributed by atoms with Crippen molar-refractivity contribution in [2.45, 2.75) is 43.4 Å². The molecular weight excluding hydrogens is 338 g/mol. The molecule has 7 heteroatoms. The number of benzene rings is 2.